The zero-order valence-corrected chi connectivity index (χ0v) is 12.7. The number of hydrogen-bond acceptors (Lipinski definition) is 4. The van der Waals surface area contributed by atoms with Gasteiger partial charge in [0.1, 0.15) is 0 Å². The van der Waals surface area contributed by atoms with E-state index in [1.807, 2.05) is 24.3 Å². The van der Waals surface area contributed by atoms with Gasteiger partial charge in [-0.2, -0.15) is 4.98 Å². The maximum atomic E-state index is 5.10. The van der Waals surface area contributed by atoms with Crippen LogP contribution in [0, 0.1) is 3.57 Å². The summed E-state index contributed by atoms with van der Waals surface area (Å²) in [5.41, 5.74) is 0.940. The van der Waals surface area contributed by atoms with Crippen molar-refractivity contribution in [3.05, 3.63) is 38.5 Å². The second-order valence-electron chi connectivity index (χ2n) is 3.18. The van der Waals surface area contributed by atoms with Gasteiger partial charge in [0.2, 0.25) is 11.8 Å². The first-order valence-corrected chi connectivity index (χ1v) is 6.65. The molecular formula is C11H9BrIN3O. The number of ether oxygens (including phenoxy) is 1. The number of rotatable bonds is 3. The van der Waals surface area contributed by atoms with Gasteiger partial charge in [0, 0.05) is 9.26 Å². The van der Waals surface area contributed by atoms with Crippen LogP contribution in [0.25, 0.3) is 0 Å². The van der Waals surface area contributed by atoms with Crippen molar-refractivity contribution in [3.63, 3.8) is 0 Å². The second-order valence-corrected chi connectivity index (χ2v) is 5.28. The maximum absolute atomic E-state index is 5.10. The van der Waals surface area contributed by atoms with E-state index in [4.69, 9.17) is 4.74 Å². The Kier molecular flexibility index (Phi) is 4.16. The summed E-state index contributed by atoms with van der Waals surface area (Å²) >= 11 is 5.56. The van der Waals surface area contributed by atoms with E-state index >= 15 is 0 Å². The van der Waals surface area contributed by atoms with Gasteiger partial charge in [-0.15, -0.1) is 0 Å². The topological polar surface area (TPSA) is 47.0 Å². The minimum atomic E-state index is 0.506. The van der Waals surface area contributed by atoms with Crippen LogP contribution < -0.4 is 10.1 Å². The number of nitrogens with one attached hydrogen (secondary N) is 1. The highest BCUT2D eigenvalue weighted by Crippen LogP contribution is 2.23. The van der Waals surface area contributed by atoms with E-state index in [9.17, 15) is 0 Å². The molecule has 0 fully saturated rings. The van der Waals surface area contributed by atoms with Crippen LogP contribution in [0.2, 0.25) is 0 Å². The van der Waals surface area contributed by atoms with Crippen molar-refractivity contribution < 1.29 is 4.74 Å². The molecule has 2 rings (SSSR count). The maximum Gasteiger partial charge on any atom is 0.232 e. The molecule has 0 aliphatic heterocycles. The molecule has 0 atom stereocenters. The molecule has 88 valence electrons. The fourth-order valence-corrected chi connectivity index (χ4v) is 1.93. The monoisotopic (exact) mass is 405 g/mol. The third-order valence-electron chi connectivity index (χ3n) is 2.01. The zero-order chi connectivity index (χ0) is 12.3. The van der Waals surface area contributed by atoms with E-state index < -0.39 is 0 Å². The summed E-state index contributed by atoms with van der Waals surface area (Å²) in [6.45, 7) is 0. The van der Waals surface area contributed by atoms with Gasteiger partial charge >= 0.3 is 0 Å². The van der Waals surface area contributed by atoms with Gasteiger partial charge in [0.05, 0.1) is 17.8 Å². The van der Waals surface area contributed by atoms with E-state index in [1.165, 1.54) is 3.57 Å². The van der Waals surface area contributed by atoms with Crippen LogP contribution in [0.5, 0.6) is 5.88 Å². The average molecular weight is 406 g/mol. The van der Waals surface area contributed by atoms with Crippen molar-refractivity contribution in [3.8, 4) is 5.88 Å². The third kappa shape index (κ3) is 3.29. The Morgan fingerprint density at radius 2 is 2.00 bits per heavy atom. The SMILES string of the molecule is COc1nc(Nc2ccc(I)cc2)ncc1Br. The van der Waals surface area contributed by atoms with E-state index in [2.05, 4.69) is 53.8 Å². The molecule has 4 nitrogen and oxygen atoms in total. The summed E-state index contributed by atoms with van der Waals surface area (Å²) in [7, 11) is 1.57. The van der Waals surface area contributed by atoms with Crippen LogP contribution in [-0.4, -0.2) is 17.1 Å². The summed E-state index contributed by atoms with van der Waals surface area (Å²) in [4.78, 5) is 8.37. The van der Waals surface area contributed by atoms with Crippen molar-refractivity contribution in [2.75, 3.05) is 12.4 Å². The molecule has 17 heavy (non-hydrogen) atoms. The molecule has 0 aliphatic rings. The van der Waals surface area contributed by atoms with Gasteiger partial charge in [-0.25, -0.2) is 4.98 Å². The predicted octanol–water partition coefficient (Wildman–Crippen LogP) is 3.60. The van der Waals surface area contributed by atoms with Crippen molar-refractivity contribution >= 4 is 50.2 Å². The Morgan fingerprint density at radius 1 is 1.29 bits per heavy atom. The fraction of sp³-hybridized carbons (Fsp3) is 0.0909. The normalized spacial score (nSPS) is 10.1. The molecule has 0 amide bonds. The van der Waals surface area contributed by atoms with Crippen LogP contribution in [-0.2, 0) is 0 Å². The first-order valence-electron chi connectivity index (χ1n) is 4.78. The van der Waals surface area contributed by atoms with Gasteiger partial charge in [0.25, 0.3) is 0 Å². The van der Waals surface area contributed by atoms with Crippen molar-refractivity contribution in [1.29, 1.82) is 0 Å². The minimum Gasteiger partial charge on any atom is -0.480 e. The molecule has 0 bridgehead atoms. The highest BCUT2D eigenvalue weighted by atomic mass is 127. The van der Waals surface area contributed by atoms with Crippen LogP contribution in [0.15, 0.2) is 34.9 Å². The summed E-state index contributed by atoms with van der Waals surface area (Å²) in [6, 6.07) is 7.97. The number of halogens is 2. The second kappa shape index (κ2) is 5.63. The first-order chi connectivity index (χ1) is 8.19. The van der Waals surface area contributed by atoms with Crippen LogP contribution in [0.1, 0.15) is 0 Å². The standard InChI is InChI=1S/C11H9BrIN3O/c1-17-10-9(12)6-14-11(16-10)15-8-4-2-7(13)3-5-8/h2-6H,1H3,(H,14,15,16). The predicted molar refractivity (Wildman–Crippen MR) is 78.7 cm³/mol. The molecule has 1 aromatic heterocycles. The molecule has 1 N–H and O–H groups in total. The van der Waals surface area contributed by atoms with Crippen molar-refractivity contribution in [2.24, 2.45) is 0 Å². The van der Waals surface area contributed by atoms with Crippen molar-refractivity contribution in [1.82, 2.24) is 9.97 Å². The fourth-order valence-electron chi connectivity index (χ4n) is 1.22. The Labute approximate surface area is 121 Å². The molecule has 0 aliphatic carbocycles. The van der Waals surface area contributed by atoms with Crippen LogP contribution in [0.3, 0.4) is 0 Å². The van der Waals surface area contributed by atoms with E-state index in [-0.39, 0.29) is 0 Å². The van der Waals surface area contributed by atoms with Crippen molar-refractivity contribution in [2.45, 2.75) is 0 Å². The molecule has 2 aromatic rings. The van der Waals surface area contributed by atoms with Gasteiger partial charge in [-0.1, -0.05) is 0 Å². The van der Waals surface area contributed by atoms with E-state index in [0.29, 0.717) is 11.8 Å². The van der Waals surface area contributed by atoms with Gasteiger partial charge in [-0.3, -0.25) is 0 Å². The lowest BCUT2D eigenvalue weighted by Gasteiger charge is -2.07. The number of hydrogen-bond donors (Lipinski definition) is 1. The molecule has 6 heteroatoms. The molecule has 0 saturated heterocycles. The molecule has 1 aromatic carbocycles. The van der Waals surface area contributed by atoms with Crippen LogP contribution >= 0.6 is 38.5 Å². The Balaban J connectivity index is 2.21. The molecule has 0 radical (unpaired) electrons. The number of methoxy groups -OCH3 is 1. The highest BCUT2D eigenvalue weighted by Gasteiger charge is 2.04. The largest absolute Gasteiger partial charge is 0.480 e. The highest BCUT2D eigenvalue weighted by molar-refractivity contribution is 14.1. The van der Waals surface area contributed by atoms with Gasteiger partial charge < -0.3 is 10.1 Å². The summed E-state index contributed by atoms with van der Waals surface area (Å²) < 4.78 is 7.02. The summed E-state index contributed by atoms with van der Waals surface area (Å²) in [5.74, 6) is 1.01. The summed E-state index contributed by atoms with van der Waals surface area (Å²) in [6.07, 6.45) is 1.65. The lowest BCUT2D eigenvalue weighted by Crippen LogP contribution is -1.99. The summed E-state index contributed by atoms with van der Waals surface area (Å²) in [5, 5.41) is 3.11. The van der Waals surface area contributed by atoms with Gasteiger partial charge in [0.15, 0.2) is 0 Å². The lowest BCUT2D eigenvalue weighted by atomic mass is 10.3. The Morgan fingerprint density at radius 3 is 2.65 bits per heavy atom. The number of anilines is 2. The zero-order valence-electron chi connectivity index (χ0n) is 8.95. The molecule has 1 heterocycles. The molecule has 0 saturated carbocycles. The Hall–Kier alpha value is -0.890. The minimum absolute atomic E-state index is 0.506. The molecule has 0 unspecified atom stereocenters. The lowest BCUT2D eigenvalue weighted by molar-refractivity contribution is 0.394. The van der Waals surface area contributed by atoms with E-state index in [0.717, 1.165) is 10.2 Å². The molecular weight excluding hydrogens is 397 g/mol. The first kappa shape index (κ1) is 12.6. The average Bonchev–Trinajstić information content (AvgIpc) is 2.34. The number of benzene rings is 1. The number of nitrogens with zero attached hydrogens (tertiary/aromatic N) is 2. The smallest absolute Gasteiger partial charge is 0.232 e. The van der Waals surface area contributed by atoms with Crippen LogP contribution in [0.4, 0.5) is 11.6 Å². The quantitative estimate of drug-likeness (QED) is 0.792. The third-order valence-corrected chi connectivity index (χ3v) is 3.27. The Bertz CT molecular complexity index is 519. The van der Waals surface area contributed by atoms with E-state index in [1.54, 1.807) is 13.3 Å². The number of aromatic nitrogens is 2. The van der Waals surface area contributed by atoms with Gasteiger partial charge in [-0.05, 0) is 62.8 Å². The molecule has 0 spiro atoms.